The first kappa shape index (κ1) is 16.4. The first-order valence-corrected chi connectivity index (χ1v) is 8.83. The van der Waals surface area contributed by atoms with Crippen molar-refractivity contribution >= 4 is 22.7 Å². The van der Waals surface area contributed by atoms with Gasteiger partial charge in [-0.1, -0.05) is 18.2 Å². The summed E-state index contributed by atoms with van der Waals surface area (Å²) in [5.41, 5.74) is 2.30. The van der Waals surface area contributed by atoms with Crippen molar-refractivity contribution in [1.82, 2.24) is 15.2 Å². The van der Waals surface area contributed by atoms with Gasteiger partial charge in [-0.05, 0) is 30.2 Å². The molecule has 1 aliphatic heterocycles. The van der Waals surface area contributed by atoms with E-state index in [4.69, 9.17) is 4.42 Å². The number of benzene rings is 1. The molecule has 1 unspecified atom stereocenters. The van der Waals surface area contributed by atoms with Crippen LogP contribution >= 0.6 is 0 Å². The minimum atomic E-state index is -0.291. The summed E-state index contributed by atoms with van der Waals surface area (Å²) >= 11 is 0. The van der Waals surface area contributed by atoms with Gasteiger partial charge in [0.05, 0.1) is 18.7 Å². The molecule has 4 rings (SSSR count). The lowest BCUT2D eigenvalue weighted by Crippen LogP contribution is -2.33. The second-order valence-corrected chi connectivity index (χ2v) is 6.65. The number of aromatic nitrogens is 1. The fourth-order valence-electron chi connectivity index (χ4n) is 3.49. The van der Waals surface area contributed by atoms with Crippen LogP contribution in [-0.2, 0) is 22.6 Å². The summed E-state index contributed by atoms with van der Waals surface area (Å²) in [5, 5.41) is 4.03. The topological polar surface area (TPSA) is 78.3 Å². The number of furan rings is 1. The Morgan fingerprint density at radius 1 is 1.27 bits per heavy atom. The molecule has 1 saturated heterocycles. The van der Waals surface area contributed by atoms with Crippen LogP contribution in [0.4, 0.5) is 0 Å². The summed E-state index contributed by atoms with van der Waals surface area (Å²) in [5.74, 6) is 0.367. The number of H-pyrrole nitrogens is 1. The van der Waals surface area contributed by atoms with Crippen LogP contribution in [0.1, 0.15) is 17.7 Å². The van der Waals surface area contributed by atoms with Crippen LogP contribution < -0.4 is 5.32 Å². The van der Waals surface area contributed by atoms with E-state index in [1.807, 2.05) is 30.5 Å². The largest absolute Gasteiger partial charge is 0.467 e. The molecule has 0 spiro atoms. The molecule has 134 valence electrons. The zero-order valence-corrected chi connectivity index (χ0v) is 14.4. The number of carbonyl (C=O) groups is 2. The van der Waals surface area contributed by atoms with Crippen molar-refractivity contribution in [2.75, 3.05) is 13.1 Å². The second kappa shape index (κ2) is 7.07. The molecular formula is C20H21N3O3. The van der Waals surface area contributed by atoms with Crippen LogP contribution in [0.15, 0.2) is 53.3 Å². The Morgan fingerprint density at radius 3 is 3.00 bits per heavy atom. The van der Waals surface area contributed by atoms with Gasteiger partial charge in [0.25, 0.3) is 0 Å². The molecule has 1 fully saturated rings. The number of para-hydroxylation sites is 1. The summed E-state index contributed by atoms with van der Waals surface area (Å²) in [6.07, 6.45) is 4.63. The maximum absolute atomic E-state index is 12.3. The number of nitrogens with one attached hydrogen (secondary N) is 2. The fraction of sp³-hybridized carbons (Fsp3) is 0.300. The highest BCUT2D eigenvalue weighted by atomic mass is 16.3. The molecule has 0 aliphatic carbocycles. The number of hydrogen-bond donors (Lipinski definition) is 2. The number of rotatable bonds is 6. The van der Waals surface area contributed by atoms with E-state index in [-0.39, 0.29) is 24.2 Å². The zero-order valence-electron chi connectivity index (χ0n) is 14.4. The third kappa shape index (κ3) is 3.35. The predicted molar refractivity (Wildman–Crippen MR) is 97.2 cm³/mol. The average molecular weight is 351 g/mol. The van der Waals surface area contributed by atoms with Gasteiger partial charge in [0.2, 0.25) is 11.8 Å². The zero-order chi connectivity index (χ0) is 17.9. The Bertz CT molecular complexity index is 913. The summed E-state index contributed by atoms with van der Waals surface area (Å²) in [7, 11) is 0. The molecule has 26 heavy (non-hydrogen) atoms. The molecule has 0 radical (unpaired) electrons. The minimum absolute atomic E-state index is 0.0444. The van der Waals surface area contributed by atoms with Crippen molar-refractivity contribution in [3.63, 3.8) is 0 Å². The highest BCUT2D eigenvalue weighted by Crippen LogP contribution is 2.21. The minimum Gasteiger partial charge on any atom is -0.467 e. The van der Waals surface area contributed by atoms with Gasteiger partial charge in [0.1, 0.15) is 5.76 Å². The normalized spacial score (nSPS) is 17.2. The smallest absolute Gasteiger partial charge is 0.225 e. The predicted octanol–water partition coefficient (Wildman–Crippen LogP) is 2.47. The van der Waals surface area contributed by atoms with E-state index in [0.717, 1.165) is 11.9 Å². The molecule has 1 aliphatic rings. The summed E-state index contributed by atoms with van der Waals surface area (Å²) in [6, 6.07) is 11.7. The van der Waals surface area contributed by atoms with Crippen LogP contribution in [0, 0.1) is 5.92 Å². The quantitative estimate of drug-likeness (QED) is 0.716. The molecule has 2 aromatic heterocycles. The van der Waals surface area contributed by atoms with Crippen molar-refractivity contribution in [2.24, 2.45) is 5.92 Å². The Morgan fingerprint density at radius 2 is 2.15 bits per heavy atom. The Labute approximate surface area is 151 Å². The molecule has 1 atom stereocenters. The van der Waals surface area contributed by atoms with Gasteiger partial charge in [-0.2, -0.15) is 0 Å². The first-order valence-electron chi connectivity index (χ1n) is 8.83. The van der Waals surface area contributed by atoms with Crippen LogP contribution in [0.2, 0.25) is 0 Å². The second-order valence-electron chi connectivity index (χ2n) is 6.65. The molecule has 2 amide bonds. The lowest BCUT2D eigenvalue weighted by molar-refractivity contribution is -0.129. The number of hydrogen-bond acceptors (Lipinski definition) is 3. The molecule has 3 aromatic rings. The van der Waals surface area contributed by atoms with Crippen molar-refractivity contribution in [2.45, 2.75) is 19.4 Å². The number of nitrogens with zero attached hydrogens (tertiary/aromatic N) is 1. The van der Waals surface area contributed by atoms with Crippen molar-refractivity contribution in [3.05, 3.63) is 60.2 Å². The van der Waals surface area contributed by atoms with Gasteiger partial charge >= 0.3 is 0 Å². The maximum atomic E-state index is 12.3. The van der Waals surface area contributed by atoms with E-state index in [0.29, 0.717) is 25.4 Å². The van der Waals surface area contributed by atoms with E-state index >= 15 is 0 Å². The van der Waals surface area contributed by atoms with Crippen molar-refractivity contribution in [1.29, 1.82) is 0 Å². The van der Waals surface area contributed by atoms with E-state index < -0.39 is 0 Å². The Hall–Kier alpha value is -3.02. The summed E-state index contributed by atoms with van der Waals surface area (Å²) < 4.78 is 5.21. The van der Waals surface area contributed by atoms with Gasteiger partial charge in [-0.3, -0.25) is 9.59 Å². The van der Waals surface area contributed by atoms with Crippen LogP contribution in [-0.4, -0.2) is 34.8 Å². The number of fused-ring (bicyclic) bond motifs is 1. The molecule has 6 nitrogen and oxygen atoms in total. The lowest BCUT2D eigenvalue weighted by atomic mass is 10.1. The van der Waals surface area contributed by atoms with E-state index in [9.17, 15) is 9.59 Å². The number of amides is 2. The highest BCUT2D eigenvalue weighted by Gasteiger charge is 2.33. The molecule has 0 bridgehead atoms. The number of carbonyl (C=O) groups excluding carboxylic acids is 2. The molecule has 2 N–H and O–H groups in total. The Kier molecular flexibility index (Phi) is 4.48. The SMILES string of the molecule is O=C(NCc1ccco1)C1CC(=O)N(CCc2c[nH]c3ccccc23)C1. The monoisotopic (exact) mass is 351 g/mol. The lowest BCUT2D eigenvalue weighted by Gasteiger charge is -2.16. The summed E-state index contributed by atoms with van der Waals surface area (Å²) in [4.78, 5) is 29.6. The maximum Gasteiger partial charge on any atom is 0.225 e. The number of aromatic amines is 1. The van der Waals surface area contributed by atoms with Crippen molar-refractivity contribution in [3.8, 4) is 0 Å². The van der Waals surface area contributed by atoms with Gasteiger partial charge in [-0.25, -0.2) is 0 Å². The van der Waals surface area contributed by atoms with Crippen molar-refractivity contribution < 1.29 is 14.0 Å². The molecule has 1 aromatic carbocycles. The van der Waals surface area contributed by atoms with E-state index in [1.54, 1.807) is 17.2 Å². The van der Waals surface area contributed by atoms with Crippen LogP contribution in [0.5, 0.6) is 0 Å². The van der Waals surface area contributed by atoms with Gasteiger partial charge in [0.15, 0.2) is 0 Å². The molecule has 0 saturated carbocycles. The fourth-order valence-corrected chi connectivity index (χ4v) is 3.49. The van der Waals surface area contributed by atoms with Crippen LogP contribution in [0.3, 0.4) is 0 Å². The standard InChI is InChI=1S/C20H21N3O3/c24-19-10-15(20(25)22-12-16-4-3-9-26-16)13-23(19)8-7-14-11-21-18-6-2-1-5-17(14)18/h1-6,9,11,15,21H,7-8,10,12-13H2,(H,22,25). The summed E-state index contributed by atoms with van der Waals surface area (Å²) in [6.45, 7) is 1.46. The molecule has 6 heteroatoms. The highest BCUT2D eigenvalue weighted by molar-refractivity contribution is 5.89. The number of likely N-dealkylation sites (tertiary alicyclic amines) is 1. The van der Waals surface area contributed by atoms with Crippen LogP contribution in [0.25, 0.3) is 10.9 Å². The Balaban J connectivity index is 1.32. The molecular weight excluding hydrogens is 330 g/mol. The van der Waals surface area contributed by atoms with E-state index in [1.165, 1.54) is 10.9 Å². The van der Waals surface area contributed by atoms with E-state index in [2.05, 4.69) is 16.4 Å². The van der Waals surface area contributed by atoms with Gasteiger partial charge in [-0.15, -0.1) is 0 Å². The molecule has 3 heterocycles. The third-order valence-electron chi connectivity index (χ3n) is 4.93. The first-order chi connectivity index (χ1) is 12.7. The van der Waals surface area contributed by atoms with Gasteiger partial charge in [0, 0.05) is 36.6 Å². The average Bonchev–Trinajstić information content (AvgIpc) is 3.38. The van der Waals surface area contributed by atoms with Gasteiger partial charge < -0.3 is 19.6 Å². The third-order valence-corrected chi connectivity index (χ3v) is 4.93.